The monoisotopic (exact) mass is 398 g/mol. The summed E-state index contributed by atoms with van der Waals surface area (Å²) in [4.78, 5) is 5.00. The highest BCUT2D eigenvalue weighted by molar-refractivity contribution is 5.54. The molecule has 1 aliphatic rings. The van der Waals surface area contributed by atoms with E-state index in [0.717, 1.165) is 16.6 Å². The third-order valence-corrected chi connectivity index (χ3v) is 4.83. The summed E-state index contributed by atoms with van der Waals surface area (Å²) in [6.07, 6.45) is -4.54. The fourth-order valence-electron chi connectivity index (χ4n) is 3.40. The van der Waals surface area contributed by atoms with Crippen molar-refractivity contribution in [2.75, 3.05) is 36.0 Å². The number of alkyl halides is 3. The van der Waals surface area contributed by atoms with Crippen molar-refractivity contribution in [1.82, 2.24) is 15.0 Å². The molecular weight excluding hydrogens is 381 g/mol. The number of piperazine rings is 1. The maximum absolute atomic E-state index is 13.3. The normalized spacial score (nSPS) is 14.7. The first kappa shape index (κ1) is 18.8. The molecule has 1 fully saturated rings. The van der Waals surface area contributed by atoms with E-state index in [1.54, 1.807) is 0 Å². The second-order valence-corrected chi connectivity index (χ2v) is 6.60. The lowest BCUT2D eigenvalue weighted by molar-refractivity contribution is -0.137. The van der Waals surface area contributed by atoms with Gasteiger partial charge in [0.05, 0.1) is 11.3 Å². The SMILES string of the molecule is N#Cc1nn(-c2ccccc2C(F)(F)F)nc1N1CCN(c2ccccc2)CC1. The highest BCUT2D eigenvalue weighted by Crippen LogP contribution is 2.33. The molecule has 0 unspecified atom stereocenters. The number of nitriles is 1. The number of halogens is 3. The fourth-order valence-corrected chi connectivity index (χ4v) is 3.40. The topological polar surface area (TPSA) is 61.0 Å². The fraction of sp³-hybridized carbons (Fsp3) is 0.250. The van der Waals surface area contributed by atoms with E-state index in [1.165, 1.54) is 18.2 Å². The molecule has 3 aromatic rings. The lowest BCUT2D eigenvalue weighted by Crippen LogP contribution is -2.47. The predicted molar refractivity (Wildman–Crippen MR) is 102 cm³/mol. The van der Waals surface area contributed by atoms with Crippen LogP contribution in [0.3, 0.4) is 0 Å². The van der Waals surface area contributed by atoms with Gasteiger partial charge in [0.1, 0.15) is 6.07 Å². The van der Waals surface area contributed by atoms with Gasteiger partial charge in [-0.1, -0.05) is 30.3 Å². The van der Waals surface area contributed by atoms with Gasteiger partial charge < -0.3 is 9.80 Å². The molecule has 1 saturated heterocycles. The van der Waals surface area contributed by atoms with E-state index in [-0.39, 0.29) is 11.4 Å². The lowest BCUT2D eigenvalue weighted by Gasteiger charge is -2.36. The van der Waals surface area contributed by atoms with Gasteiger partial charge in [0.25, 0.3) is 0 Å². The zero-order chi connectivity index (χ0) is 20.4. The Bertz CT molecular complexity index is 1030. The van der Waals surface area contributed by atoms with Gasteiger partial charge in [-0.15, -0.1) is 15.0 Å². The Balaban J connectivity index is 1.60. The Morgan fingerprint density at radius 2 is 1.45 bits per heavy atom. The number of rotatable bonds is 3. The third-order valence-electron chi connectivity index (χ3n) is 4.83. The highest BCUT2D eigenvalue weighted by atomic mass is 19.4. The molecule has 0 bridgehead atoms. The molecule has 0 aliphatic carbocycles. The number of hydrogen-bond acceptors (Lipinski definition) is 5. The van der Waals surface area contributed by atoms with Crippen LogP contribution in [0.1, 0.15) is 11.3 Å². The van der Waals surface area contributed by atoms with Gasteiger partial charge in [0.2, 0.25) is 5.69 Å². The second-order valence-electron chi connectivity index (χ2n) is 6.60. The maximum Gasteiger partial charge on any atom is 0.418 e. The molecule has 0 amide bonds. The summed E-state index contributed by atoms with van der Waals surface area (Å²) < 4.78 is 40.0. The van der Waals surface area contributed by atoms with Crippen molar-refractivity contribution < 1.29 is 13.2 Å². The minimum atomic E-state index is -4.54. The molecule has 2 aromatic carbocycles. The molecule has 9 heteroatoms. The Labute approximate surface area is 165 Å². The smallest absolute Gasteiger partial charge is 0.368 e. The van der Waals surface area contributed by atoms with Crippen LogP contribution in [0.5, 0.6) is 0 Å². The first-order valence-electron chi connectivity index (χ1n) is 9.06. The summed E-state index contributed by atoms with van der Waals surface area (Å²) in [5.74, 6) is 0.303. The van der Waals surface area contributed by atoms with E-state index >= 15 is 0 Å². The quantitative estimate of drug-likeness (QED) is 0.676. The van der Waals surface area contributed by atoms with Crippen LogP contribution in [0.15, 0.2) is 54.6 Å². The van der Waals surface area contributed by atoms with Crippen molar-refractivity contribution in [3.05, 3.63) is 65.9 Å². The van der Waals surface area contributed by atoms with Crippen molar-refractivity contribution >= 4 is 11.5 Å². The van der Waals surface area contributed by atoms with Crippen molar-refractivity contribution in [3.63, 3.8) is 0 Å². The number of benzene rings is 2. The van der Waals surface area contributed by atoms with Gasteiger partial charge in [0, 0.05) is 31.9 Å². The van der Waals surface area contributed by atoms with Gasteiger partial charge in [-0.05, 0) is 24.3 Å². The van der Waals surface area contributed by atoms with Crippen LogP contribution < -0.4 is 9.80 Å². The number of anilines is 2. The van der Waals surface area contributed by atoms with Crippen LogP contribution in [0, 0.1) is 11.3 Å². The minimum Gasteiger partial charge on any atom is -0.368 e. The van der Waals surface area contributed by atoms with Crippen molar-refractivity contribution in [2.24, 2.45) is 0 Å². The summed E-state index contributed by atoms with van der Waals surface area (Å²) in [6.45, 7) is 2.59. The van der Waals surface area contributed by atoms with Gasteiger partial charge in [-0.25, -0.2) is 0 Å². The predicted octanol–water partition coefficient (Wildman–Crippen LogP) is 3.48. The number of hydrogen-bond donors (Lipinski definition) is 0. The highest BCUT2D eigenvalue weighted by Gasteiger charge is 2.35. The lowest BCUT2D eigenvalue weighted by atomic mass is 10.2. The van der Waals surface area contributed by atoms with Crippen LogP contribution in [0.4, 0.5) is 24.7 Å². The van der Waals surface area contributed by atoms with Gasteiger partial charge in [-0.2, -0.15) is 18.4 Å². The third kappa shape index (κ3) is 3.74. The molecule has 1 aromatic heterocycles. The minimum absolute atomic E-state index is 0.00939. The van der Waals surface area contributed by atoms with Crippen molar-refractivity contribution in [1.29, 1.82) is 5.26 Å². The molecular formula is C20H17F3N6. The van der Waals surface area contributed by atoms with Crippen molar-refractivity contribution in [2.45, 2.75) is 6.18 Å². The molecule has 6 nitrogen and oxygen atoms in total. The van der Waals surface area contributed by atoms with Gasteiger partial charge in [0.15, 0.2) is 5.82 Å². The number of para-hydroxylation sites is 2. The molecule has 0 atom stereocenters. The molecule has 29 heavy (non-hydrogen) atoms. The molecule has 4 rings (SSSR count). The first-order valence-corrected chi connectivity index (χ1v) is 9.06. The van der Waals surface area contributed by atoms with Gasteiger partial charge >= 0.3 is 6.18 Å². The average molecular weight is 398 g/mol. The number of nitrogens with zero attached hydrogens (tertiary/aromatic N) is 6. The van der Waals surface area contributed by atoms with Crippen LogP contribution in [0.25, 0.3) is 5.69 Å². The summed E-state index contributed by atoms with van der Waals surface area (Å²) in [5.41, 5.74) is 0.0659. The number of aromatic nitrogens is 3. The maximum atomic E-state index is 13.3. The summed E-state index contributed by atoms with van der Waals surface area (Å²) in [7, 11) is 0. The van der Waals surface area contributed by atoms with E-state index in [4.69, 9.17) is 0 Å². The summed E-state index contributed by atoms with van der Waals surface area (Å²) in [5, 5.41) is 17.7. The van der Waals surface area contributed by atoms with Crippen molar-refractivity contribution in [3.8, 4) is 11.8 Å². The second kappa shape index (κ2) is 7.47. The van der Waals surface area contributed by atoms with E-state index in [1.807, 2.05) is 41.3 Å². The molecule has 0 radical (unpaired) electrons. The Kier molecular flexibility index (Phi) is 4.84. The molecule has 2 heterocycles. The molecule has 1 aliphatic heterocycles. The summed E-state index contributed by atoms with van der Waals surface area (Å²) >= 11 is 0. The molecule has 0 spiro atoms. The Morgan fingerprint density at radius 1 is 0.828 bits per heavy atom. The summed E-state index contributed by atoms with van der Waals surface area (Å²) in [6, 6.07) is 17.0. The van der Waals surface area contributed by atoms with Crippen LogP contribution >= 0.6 is 0 Å². The Morgan fingerprint density at radius 3 is 2.10 bits per heavy atom. The van der Waals surface area contributed by atoms with E-state index < -0.39 is 11.7 Å². The van der Waals surface area contributed by atoms with Crippen LogP contribution in [-0.4, -0.2) is 41.2 Å². The average Bonchev–Trinajstić information content (AvgIpc) is 3.18. The molecule has 0 saturated carbocycles. The zero-order valence-electron chi connectivity index (χ0n) is 15.3. The standard InChI is InChI=1S/C20H17F3N6/c21-20(22,23)16-8-4-5-9-18(16)29-25-17(14-24)19(26-29)28-12-10-27(11-13-28)15-6-2-1-3-7-15/h1-9H,10-13H2. The van der Waals surface area contributed by atoms with Crippen LogP contribution in [0.2, 0.25) is 0 Å². The largest absolute Gasteiger partial charge is 0.418 e. The van der Waals surface area contributed by atoms with E-state index in [0.29, 0.717) is 32.0 Å². The molecule has 148 valence electrons. The first-order chi connectivity index (χ1) is 14.0. The van der Waals surface area contributed by atoms with Crippen LogP contribution in [-0.2, 0) is 6.18 Å². The van der Waals surface area contributed by atoms with E-state index in [9.17, 15) is 18.4 Å². The molecule has 0 N–H and O–H groups in total. The van der Waals surface area contributed by atoms with Gasteiger partial charge in [-0.3, -0.25) is 0 Å². The zero-order valence-corrected chi connectivity index (χ0v) is 15.3. The Hall–Kier alpha value is -3.54. The van der Waals surface area contributed by atoms with E-state index in [2.05, 4.69) is 15.1 Å².